The Hall–Kier alpha value is -2.47. The second kappa shape index (κ2) is 5.76. The predicted octanol–water partition coefficient (Wildman–Crippen LogP) is 2.79. The number of methoxy groups -OCH3 is 2. The molecule has 2 heterocycles. The number of ether oxygens (including phenoxy) is 5. The molecule has 1 aromatic carbocycles. The number of allylic oxidation sites excluding steroid dienone is 2. The maximum atomic E-state index is 13.4. The summed E-state index contributed by atoms with van der Waals surface area (Å²) in [5.41, 5.74) is 0.746. The van der Waals surface area contributed by atoms with E-state index < -0.39 is 0 Å². The minimum absolute atomic E-state index is 0.0168. The van der Waals surface area contributed by atoms with Gasteiger partial charge in [-0.1, -0.05) is 12.1 Å². The molecule has 2 aliphatic carbocycles. The van der Waals surface area contributed by atoms with E-state index in [1.165, 1.54) is 7.11 Å². The molecule has 2 aliphatic heterocycles. The Kier molecular flexibility index (Phi) is 3.56. The highest BCUT2D eigenvalue weighted by molar-refractivity contribution is 6.00. The zero-order valence-electron chi connectivity index (χ0n) is 15.4. The minimum Gasteiger partial charge on any atom is -0.494 e. The first kappa shape index (κ1) is 16.7. The lowest BCUT2D eigenvalue weighted by molar-refractivity contribution is -0.152. The first-order chi connectivity index (χ1) is 13.2. The smallest absolute Gasteiger partial charge is 0.231 e. The van der Waals surface area contributed by atoms with Crippen LogP contribution in [0.3, 0.4) is 0 Å². The molecule has 0 N–H and O–H groups in total. The van der Waals surface area contributed by atoms with Crippen LogP contribution in [0.15, 0.2) is 42.4 Å². The quantitative estimate of drug-likeness (QED) is 0.743. The molecule has 4 aliphatic rings. The van der Waals surface area contributed by atoms with Gasteiger partial charge < -0.3 is 23.7 Å². The molecule has 1 aromatic rings. The van der Waals surface area contributed by atoms with Gasteiger partial charge in [-0.05, 0) is 30.0 Å². The van der Waals surface area contributed by atoms with Crippen molar-refractivity contribution in [1.29, 1.82) is 0 Å². The number of ketones is 1. The molecule has 0 unspecified atom stereocenters. The van der Waals surface area contributed by atoms with Gasteiger partial charge in [-0.3, -0.25) is 4.79 Å². The molecule has 5 atom stereocenters. The molecule has 6 nitrogen and oxygen atoms in total. The van der Waals surface area contributed by atoms with Crippen molar-refractivity contribution in [3.05, 3.63) is 47.9 Å². The molecule has 0 spiro atoms. The first-order valence-corrected chi connectivity index (χ1v) is 9.15. The largest absolute Gasteiger partial charge is 0.494 e. The molecule has 5 rings (SSSR count). The lowest BCUT2D eigenvalue weighted by Crippen LogP contribution is -2.63. The van der Waals surface area contributed by atoms with Crippen LogP contribution < -0.4 is 9.47 Å². The molecule has 2 fully saturated rings. The van der Waals surface area contributed by atoms with Crippen molar-refractivity contribution < 1.29 is 28.5 Å². The Balaban J connectivity index is 1.63. The van der Waals surface area contributed by atoms with Crippen LogP contribution in [0, 0.1) is 17.3 Å². The number of benzene rings is 1. The third kappa shape index (κ3) is 1.91. The average molecular weight is 370 g/mol. The number of Topliss-reactive ketones (excluding diaryl/α,β-unsaturated/α-hetero) is 1. The number of hydrogen-bond acceptors (Lipinski definition) is 6. The van der Waals surface area contributed by atoms with E-state index in [4.69, 9.17) is 23.7 Å². The number of hydrogen-bond donors (Lipinski definition) is 0. The minimum atomic E-state index is -0.326. The predicted molar refractivity (Wildman–Crippen MR) is 95.3 cm³/mol. The van der Waals surface area contributed by atoms with Gasteiger partial charge in [-0.2, -0.15) is 0 Å². The SMILES string of the molecule is C=CC[C@]12[C@@H]3CO[C@H]1C(OC)=C(OC)C(=O)[C@H]2[C@@H]3c1ccc2c(c1)OCO2. The number of carbonyl (C=O) groups is 1. The lowest BCUT2D eigenvalue weighted by atomic mass is 9.41. The fourth-order valence-corrected chi connectivity index (χ4v) is 5.67. The van der Waals surface area contributed by atoms with E-state index in [1.54, 1.807) is 7.11 Å². The highest BCUT2D eigenvalue weighted by Gasteiger charge is 2.74. The first-order valence-electron chi connectivity index (χ1n) is 9.15. The maximum Gasteiger partial charge on any atom is 0.231 e. The summed E-state index contributed by atoms with van der Waals surface area (Å²) in [7, 11) is 3.07. The standard InChI is InChI=1S/C21H22O6/c1-4-7-21-12-9-25-20(21)19(24-3)18(23-2)17(22)16(21)15(12)11-5-6-13-14(8-11)27-10-26-13/h4-6,8,12,15-16,20H,1,7,9-10H2,2-3H3/t12-,15-,16-,20+,21-/m1/s1. The molecule has 27 heavy (non-hydrogen) atoms. The van der Waals surface area contributed by atoms with Gasteiger partial charge in [0.1, 0.15) is 6.10 Å². The van der Waals surface area contributed by atoms with Gasteiger partial charge in [0, 0.05) is 17.3 Å². The van der Waals surface area contributed by atoms with Gasteiger partial charge in [-0.25, -0.2) is 0 Å². The van der Waals surface area contributed by atoms with E-state index in [1.807, 2.05) is 24.3 Å². The van der Waals surface area contributed by atoms with E-state index in [0.717, 1.165) is 17.1 Å². The third-order valence-electron chi connectivity index (χ3n) is 6.66. The van der Waals surface area contributed by atoms with Crippen LogP contribution in [0.4, 0.5) is 0 Å². The van der Waals surface area contributed by atoms with Gasteiger partial charge in [0.25, 0.3) is 0 Å². The molecule has 0 radical (unpaired) electrons. The number of rotatable bonds is 5. The molecular weight excluding hydrogens is 348 g/mol. The zero-order chi connectivity index (χ0) is 18.8. The monoisotopic (exact) mass is 370 g/mol. The van der Waals surface area contributed by atoms with Gasteiger partial charge >= 0.3 is 0 Å². The van der Waals surface area contributed by atoms with Gasteiger partial charge in [0.2, 0.25) is 18.3 Å². The summed E-state index contributed by atoms with van der Waals surface area (Å²) >= 11 is 0. The maximum absolute atomic E-state index is 13.4. The summed E-state index contributed by atoms with van der Waals surface area (Å²) in [6, 6.07) is 5.94. The highest BCUT2D eigenvalue weighted by Crippen LogP contribution is 2.71. The molecule has 6 heteroatoms. The summed E-state index contributed by atoms with van der Waals surface area (Å²) in [6.45, 7) is 4.74. The van der Waals surface area contributed by atoms with Crippen LogP contribution >= 0.6 is 0 Å². The van der Waals surface area contributed by atoms with Crippen molar-refractivity contribution in [1.82, 2.24) is 0 Å². The van der Waals surface area contributed by atoms with Gasteiger partial charge in [0.15, 0.2) is 17.3 Å². The highest BCUT2D eigenvalue weighted by atomic mass is 16.7. The van der Waals surface area contributed by atoms with Crippen LogP contribution in [0.2, 0.25) is 0 Å². The van der Waals surface area contributed by atoms with Crippen LogP contribution in [0.1, 0.15) is 17.9 Å². The van der Waals surface area contributed by atoms with Crippen LogP contribution in [-0.4, -0.2) is 39.5 Å². The lowest BCUT2D eigenvalue weighted by Gasteiger charge is -2.60. The average Bonchev–Trinajstić information content (AvgIpc) is 3.25. The van der Waals surface area contributed by atoms with E-state index >= 15 is 0 Å². The van der Waals surface area contributed by atoms with Gasteiger partial charge in [0.05, 0.1) is 20.8 Å². The van der Waals surface area contributed by atoms with Crippen molar-refractivity contribution in [2.24, 2.45) is 17.3 Å². The Morgan fingerprint density at radius 3 is 2.81 bits per heavy atom. The van der Waals surface area contributed by atoms with Crippen LogP contribution in [0.25, 0.3) is 0 Å². The van der Waals surface area contributed by atoms with Crippen molar-refractivity contribution in [3.8, 4) is 11.5 Å². The molecule has 1 saturated heterocycles. The molecule has 0 amide bonds. The van der Waals surface area contributed by atoms with Crippen LogP contribution in [-0.2, 0) is 19.0 Å². The summed E-state index contributed by atoms with van der Waals surface area (Å²) in [6.07, 6.45) is 2.30. The summed E-state index contributed by atoms with van der Waals surface area (Å²) in [4.78, 5) is 13.4. The van der Waals surface area contributed by atoms with Crippen molar-refractivity contribution in [2.45, 2.75) is 18.4 Å². The molecule has 1 saturated carbocycles. The van der Waals surface area contributed by atoms with Crippen LogP contribution in [0.5, 0.6) is 11.5 Å². The summed E-state index contributed by atoms with van der Waals surface area (Å²) in [5.74, 6) is 2.25. The summed E-state index contributed by atoms with van der Waals surface area (Å²) in [5, 5.41) is 0. The van der Waals surface area contributed by atoms with E-state index in [0.29, 0.717) is 18.8 Å². The molecule has 142 valence electrons. The zero-order valence-corrected chi connectivity index (χ0v) is 15.4. The number of fused-ring (bicyclic) bond motifs is 1. The van der Waals surface area contributed by atoms with Crippen molar-refractivity contribution in [2.75, 3.05) is 27.6 Å². The molecule has 0 aromatic heterocycles. The fourth-order valence-electron chi connectivity index (χ4n) is 5.67. The second-order valence-corrected chi connectivity index (χ2v) is 7.51. The topological polar surface area (TPSA) is 63.2 Å². The summed E-state index contributed by atoms with van der Waals surface area (Å²) < 4.78 is 28.1. The normalized spacial score (nSPS) is 35.6. The van der Waals surface area contributed by atoms with Gasteiger partial charge in [-0.15, -0.1) is 6.58 Å². The van der Waals surface area contributed by atoms with Crippen molar-refractivity contribution in [3.63, 3.8) is 0 Å². The second-order valence-electron chi connectivity index (χ2n) is 7.51. The molecule has 0 bridgehead atoms. The Labute approximate surface area is 157 Å². The van der Waals surface area contributed by atoms with E-state index in [-0.39, 0.29) is 47.6 Å². The Morgan fingerprint density at radius 1 is 1.26 bits per heavy atom. The Bertz CT molecular complexity index is 858. The third-order valence-corrected chi connectivity index (χ3v) is 6.66. The van der Waals surface area contributed by atoms with Crippen molar-refractivity contribution >= 4 is 5.78 Å². The Morgan fingerprint density at radius 2 is 2.07 bits per heavy atom. The van der Waals surface area contributed by atoms with E-state index in [9.17, 15) is 4.79 Å². The fraction of sp³-hybridized carbons (Fsp3) is 0.476. The van der Waals surface area contributed by atoms with E-state index in [2.05, 4.69) is 6.58 Å². The molecular formula is C21H22O6. The number of carbonyl (C=O) groups excluding carboxylic acids is 1.